The smallest absolute Gasteiger partial charge is 0.331 e. The number of halogens is 1. The normalized spacial score (nSPS) is 12.5. The molecule has 0 fully saturated rings. The molecule has 8 heteroatoms. The van der Waals surface area contributed by atoms with Crippen LogP contribution in [-0.4, -0.2) is 54.9 Å². The summed E-state index contributed by atoms with van der Waals surface area (Å²) in [5.41, 5.74) is 5.32. The minimum absolute atomic E-state index is 0.102. The highest BCUT2D eigenvalue weighted by Gasteiger charge is 2.20. The molecule has 3 rings (SSSR count). The summed E-state index contributed by atoms with van der Waals surface area (Å²) >= 11 is 6.33. The van der Waals surface area contributed by atoms with Crippen LogP contribution >= 0.6 is 11.6 Å². The number of aryl methyl sites for hydroxylation is 2. The molecule has 1 heterocycles. The van der Waals surface area contributed by atoms with Gasteiger partial charge in [-0.05, 0) is 81.6 Å². The largest absolute Gasteiger partial charge is 0.478 e. The van der Waals surface area contributed by atoms with Gasteiger partial charge in [0.1, 0.15) is 6.26 Å². The van der Waals surface area contributed by atoms with E-state index in [0.29, 0.717) is 6.08 Å². The van der Waals surface area contributed by atoms with Crippen molar-refractivity contribution in [1.29, 1.82) is 0 Å². The topological polar surface area (TPSA) is 87.2 Å². The van der Waals surface area contributed by atoms with Gasteiger partial charge in [-0.15, -0.1) is 0 Å². The molecule has 0 bridgehead atoms. The number of ether oxygens (including phenoxy) is 1. The summed E-state index contributed by atoms with van der Waals surface area (Å²) in [4.78, 5) is 34.6. The average molecular weight is 513 g/mol. The van der Waals surface area contributed by atoms with Crippen molar-refractivity contribution in [2.75, 3.05) is 31.6 Å². The van der Waals surface area contributed by atoms with Crippen molar-refractivity contribution in [3.8, 4) is 0 Å². The third-order valence-corrected chi connectivity index (χ3v) is 5.81. The van der Waals surface area contributed by atoms with E-state index in [2.05, 4.69) is 58.0 Å². The molecule has 192 valence electrons. The van der Waals surface area contributed by atoms with E-state index in [1.807, 2.05) is 12.1 Å². The van der Waals surface area contributed by atoms with Gasteiger partial charge in [-0.2, -0.15) is 0 Å². The van der Waals surface area contributed by atoms with Crippen LogP contribution < -0.4 is 4.90 Å². The fourth-order valence-corrected chi connectivity index (χ4v) is 4.06. The highest BCUT2D eigenvalue weighted by atomic mass is 35.5. The monoisotopic (exact) mass is 512 g/mol. The minimum Gasteiger partial charge on any atom is -0.478 e. The first kappa shape index (κ1) is 28.8. The number of ketones is 1. The molecule has 0 radical (unpaired) electrons. The molecule has 0 unspecified atom stereocenters. The van der Waals surface area contributed by atoms with Crippen LogP contribution in [0.4, 0.5) is 11.4 Å². The summed E-state index contributed by atoms with van der Waals surface area (Å²) in [6.45, 7) is 4.52. The number of hydrogen-bond acceptors (Lipinski definition) is 6. The number of carboxylic acid groups (broad SMARTS) is 1. The molecule has 36 heavy (non-hydrogen) atoms. The van der Waals surface area contributed by atoms with Crippen molar-refractivity contribution < 1.29 is 24.2 Å². The van der Waals surface area contributed by atoms with Crippen LogP contribution in [0.5, 0.6) is 0 Å². The van der Waals surface area contributed by atoms with Crippen molar-refractivity contribution >= 4 is 41.2 Å². The predicted octanol–water partition coefficient (Wildman–Crippen LogP) is 5.19. The molecule has 1 N–H and O–H groups in total. The van der Waals surface area contributed by atoms with E-state index in [0.717, 1.165) is 56.6 Å². The molecule has 0 aliphatic carbocycles. The molecule has 0 amide bonds. The van der Waals surface area contributed by atoms with Gasteiger partial charge in [0.2, 0.25) is 0 Å². The lowest BCUT2D eigenvalue weighted by molar-refractivity contribution is -0.131. The Hall–Kier alpha value is -3.42. The number of nitrogens with zero attached hydrogens (tertiary/aromatic N) is 2. The number of aliphatic carboxylic acids is 1. The number of unbranched alkanes of at least 4 members (excludes halogenated alkanes) is 1. The summed E-state index contributed by atoms with van der Waals surface area (Å²) in [6, 6.07) is 15.0. The second kappa shape index (κ2) is 15.5. The van der Waals surface area contributed by atoms with E-state index in [9.17, 15) is 14.4 Å². The van der Waals surface area contributed by atoms with Crippen molar-refractivity contribution in [3.05, 3.63) is 83.1 Å². The van der Waals surface area contributed by atoms with Crippen LogP contribution in [0.3, 0.4) is 0 Å². The number of carbonyl (C=O) groups excluding carboxylic acids is 2. The van der Waals surface area contributed by atoms with Crippen LogP contribution in [0.15, 0.2) is 67.0 Å². The minimum atomic E-state index is -1.15. The summed E-state index contributed by atoms with van der Waals surface area (Å²) in [6.07, 6.45) is 9.40. The Bertz CT molecular complexity index is 1080. The van der Waals surface area contributed by atoms with Gasteiger partial charge >= 0.3 is 5.97 Å². The molecule has 0 saturated heterocycles. The standard InChI is InChI=1S/C24H29ClN2O.C4H4O4/c1-19(28)8-7-16-26(2)15-5-6-17-27-23-10-4-3-9-20(23)11-12-21-13-14-22(25)18-24(21)27;5-3-8-2-1-4(6)7/h3-4,7-10,13-14,18H,5-6,11-12,15-17H2,1-2H3;1-3H,(H,6,7)/b8-7+;2-1-. The maximum absolute atomic E-state index is 11.0. The number of likely N-dealkylation sites (N-methyl/N-ethyl adjacent to an activating group) is 1. The van der Waals surface area contributed by atoms with Crippen molar-refractivity contribution in [1.82, 2.24) is 4.90 Å². The molecule has 7 nitrogen and oxygen atoms in total. The lowest BCUT2D eigenvalue weighted by Gasteiger charge is -2.27. The first-order valence-corrected chi connectivity index (χ1v) is 12.2. The van der Waals surface area contributed by atoms with E-state index in [1.165, 1.54) is 22.5 Å². The van der Waals surface area contributed by atoms with E-state index in [-0.39, 0.29) is 12.3 Å². The molecular weight excluding hydrogens is 480 g/mol. The molecule has 0 atom stereocenters. The van der Waals surface area contributed by atoms with E-state index in [1.54, 1.807) is 13.0 Å². The quantitative estimate of drug-likeness (QED) is 0.192. The summed E-state index contributed by atoms with van der Waals surface area (Å²) in [5, 5.41) is 8.65. The van der Waals surface area contributed by atoms with Crippen LogP contribution in [0, 0.1) is 0 Å². The Balaban J connectivity index is 0.000000493. The second-order valence-electron chi connectivity index (χ2n) is 8.41. The third kappa shape index (κ3) is 10.1. The number of rotatable bonds is 11. The van der Waals surface area contributed by atoms with Crippen molar-refractivity contribution in [2.45, 2.75) is 32.6 Å². The van der Waals surface area contributed by atoms with Gasteiger partial charge in [0, 0.05) is 29.5 Å². The zero-order valence-electron chi connectivity index (χ0n) is 20.7. The van der Waals surface area contributed by atoms with Crippen LogP contribution in [-0.2, 0) is 32.0 Å². The summed E-state index contributed by atoms with van der Waals surface area (Å²) in [7, 11) is 2.10. The SMILES string of the molecule is CC(=O)/C=C/CN(C)CCCCN1c2ccccc2CCc2ccc(Cl)cc21.O=CO/C=C\C(=O)O. The Morgan fingerprint density at radius 2 is 1.81 bits per heavy atom. The van der Waals surface area contributed by atoms with E-state index < -0.39 is 5.97 Å². The lowest BCUT2D eigenvalue weighted by atomic mass is 10.0. The molecule has 1 aliphatic heterocycles. The zero-order chi connectivity index (χ0) is 26.3. The number of carbonyl (C=O) groups is 3. The van der Waals surface area contributed by atoms with Gasteiger partial charge in [-0.25, -0.2) is 4.79 Å². The average Bonchev–Trinajstić information content (AvgIpc) is 2.98. The maximum Gasteiger partial charge on any atom is 0.331 e. The number of fused-ring (bicyclic) bond motifs is 2. The van der Waals surface area contributed by atoms with Gasteiger partial charge in [0.25, 0.3) is 6.47 Å². The van der Waals surface area contributed by atoms with Gasteiger partial charge in [-0.3, -0.25) is 9.59 Å². The van der Waals surface area contributed by atoms with Crippen LogP contribution in [0.1, 0.15) is 30.9 Å². The molecule has 0 saturated carbocycles. The van der Waals surface area contributed by atoms with Gasteiger partial charge < -0.3 is 19.6 Å². The number of carboxylic acids is 1. The third-order valence-electron chi connectivity index (χ3n) is 5.57. The molecule has 1 aliphatic rings. The van der Waals surface area contributed by atoms with Crippen LogP contribution in [0.2, 0.25) is 5.02 Å². The fourth-order valence-electron chi connectivity index (χ4n) is 3.90. The molecule has 2 aromatic rings. The molecule has 0 spiro atoms. The Morgan fingerprint density at radius 3 is 2.50 bits per heavy atom. The molecule has 2 aromatic carbocycles. The highest BCUT2D eigenvalue weighted by Crippen LogP contribution is 2.37. The summed E-state index contributed by atoms with van der Waals surface area (Å²) < 4.78 is 3.90. The second-order valence-corrected chi connectivity index (χ2v) is 8.85. The first-order chi connectivity index (χ1) is 17.3. The van der Waals surface area contributed by atoms with Gasteiger partial charge in [-0.1, -0.05) is 41.9 Å². The van der Waals surface area contributed by atoms with Gasteiger partial charge in [0.15, 0.2) is 5.78 Å². The maximum atomic E-state index is 11.0. The molecule has 0 aromatic heterocycles. The molecular formula is C28H33ClN2O5. The van der Waals surface area contributed by atoms with Crippen molar-refractivity contribution in [2.24, 2.45) is 0 Å². The predicted molar refractivity (Wildman–Crippen MR) is 143 cm³/mol. The first-order valence-electron chi connectivity index (χ1n) is 11.8. The van der Waals surface area contributed by atoms with Crippen molar-refractivity contribution in [3.63, 3.8) is 0 Å². The summed E-state index contributed by atoms with van der Waals surface area (Å²) in [5.74, 6) is -1.04. The Kier molecular flexibility index (Phi) is 12.4. The number of hydrogen-bond donors (Lipinski definition) is 1. The fraction of sp³-hybridized carbons (Fsp3) is 0.321. The van der Waals surface area contributed by atoms with Crippen LogP contribution in [0.25, 0.3) is 0 Å². The number of anilines is 2. The van der Waals surface area contributed by atoms with E-state index >= 15 is 0 Å². The van der Waals surface area contributed by atoms with E-state index in [4.69, 9.17) is 16.7 Å². The zero-order valence-corrected chi connectivity index (χ0v) is 21.5. The van der Waals surface area contributed by atoms with Gasteiger partial charge in [0.05, 0.1) is 6.08 Å². The highest BCUT2D eigenvalue weighted by molar-refractivity contribution is 6.30. The lowest BCUT2D eigenvalue weighted by Crippen LogP contribution is -2.23. The number of allylic oxidation sites excluding steroid dienone is 1. The number of benzene rings is 2. The number of para-hydroxylation sites is 1. The Morgan fingerprint density at radius 1 is 1.08 bits per heavy atom. The Labute approximate surface area is 217 Å².